The Morgan fingerprint density at radius 3 is 2.19 bits per heavy atom. The Kier molecular flexibility index (Phi) is 3.40. The van der Waals surface area contributed by atoms with Crippen molar-refractivity contribution in [1.82, 2.24) is 0 Å². The summed E-state index contributed by atoms with van der Waals surface area (Å²) in [4.78, 5) is 0. The summed E-state index contributed by atoms with van der Waals surface area (Å²) in [6, 6.07) is 17.7. The zero-order chi connectivity index (χ0) is 11.4. The smallest absolute Gasteiger partial charge is 0.00257 e. The number of aryl methyl sites for hydroxylation is 2. The summed E-state index contributed by atoms with van der Waals surface area (Å²) >= 11 is 0. The third kappa shape index (κ3) is 2.73. The number of benzene rings is 2. The number of rotatable bonds is 3. The fourth-order valence-corrected chi connectivity index (χ4v) is 1.90. The van der Waals surface area contributed by atoms with Crippen LogP contribution in [0.4, 0.5) is 0 Å². The van der Waals surface area contributed by atoms with Gasteiger partial charge in [0.2, 0.25) is 0 Å². The zero-order valence-electron chi connectivity index (χ0n) is 10.0. The Labute approximate surface area is 97.9 Å². The molecule has 0 bridgehead atoms. The molecule has 0 radical (unpaired) electrons. The van der Waals surface area contributed by atoms with Gasteiger partial charge in [-0.15, -0.1) is 0 Å². The molecule has 82 valence electrons. The lowest BCUT2D eigenvalue weighted by atomic mass is 10.0. The van der Waals surface area contributed by atoms with Crippen molar-refractivity contribution in [3.8, 4) is 0 Å². The summed E-state index contributed by atoms with van der Waals surface area (Å²) in [5.41, 5.74) is 5.54. The molecule has 0 heterocycles. The van der Waals surface area contributed by atoms with Gasteiger partial charge in [-0.2, -0.15) is 0 Å². The van der Waals surface area contributed by atoms with E-state index in [9.17, 15) is 0 Å². The lowest BCUT2D eigenvalue weighted by molar-refractivity contribution is 1.11. The first kappa shape index (κ1) is 10.9. The van der Waals surface area contributed by atoms with Crippen molar-refractivity contribution in [2.75, 3.05) is 0 Å². The van der Waals surface area contributed by atoms with Crippen molar-refractivity contribution < 1.29 is 0 Å². The quantitative estimate of drug-likeness (QED) is 0.714. The molecule has 0 atom stereocenters. The van der Waals surface area contributed by atoms with Gasteiger partial charge >= 0.3 is 0 Å². The summed E-state index contributed by atoms with van der Waals surface area (Å²) in [5.74, 6) is 0. The van der Waals surface area contributed by atoms with Gasteiger partial charge in [0.15, 0.2) is 0 Å². The van der Waals surface area contributed by atoms with E-state index in [-0.39, 0.29) is 0 Å². The van der Waals surface area contributed by atoms with Gasteiger partial charge in [0.1, 0.15) is 0 Å². The van der Waals surface area contributed by atoms with E-state index >= 15 is 0 Å². The molecule has 0 unspecified atom stereocenters. The predicted molar refractivity (Wildman–Crippen MR) is 69.8 cm³/mol. The maximum atomic E-state index is 2.31. The highest BCUT2D eigenvalue weighted by Crippen LogP contribution is 2.12. The minimum absolute atomic E-state index is 1.04. The molecule has 0 amide bonds. The normalized spacial score (nSPS) is 10.4. The highest BCUT2D eigenvalue weighted by atomic mass is 14.0. The molecule has 2 rings (SSSR count). The summed E-state index contributed by atoms with van der Waals surface area (Å²) in [6.07, 6.45) is 2.15. The first-order valence-electron chi connectivity index (χ1n) is 5.91. The molecule has 0 saturated carbocycles. The average molecular weight is 210 g/mol. The van der Waals surface area contributed by atoms with Crippen LogP contribution in [0.1, 0.15) is 29.2 Å². The largest absolute Gasteiger partial charge is 0.0617 e. The summed E-state index contributed by atoms with van der Waals surface area (Å²) < 4.78 is 0. The second kappa shape index (κ2) is 4.98. The lowest BCUT2D eigenvalue weighted by Crippen LogP contribution is -1.90. The Hall–Kier alpha value is -1.56. The van der Waals surface area contributed by atoms with Crippen LogP contribution in [0.15, 0.2) is 48.5 Å². The van der Waals surface area contributed by atoms with Crippen LogP contribution in [-0.2, 0) is 12.8 Å². The average Bonchev–Trinajstić information content (AvgIpc) is 2.32. The third-order valence-electron chi connectivity index (χ3n) is 2.93. The van der Waals surface area contributed by atoms with Crippen LogP contribution in [0.3, 0.4) is 0 Å². The van der Waals surface area contributed by atoms with Gasteiger partial charge in [-0.1, -0.05) is 61.0 Å². The highest BCUT2D eigenvalue weighted by Gasteiger charge is 1.97. The standard InChI is InChI=1S/C16H18/c1-3-14-5-4-6-16(11-14)12-15-9-7-13(2)8-10-15/h4-11H,3,12H2,1-2H3. The summed E-state index contributed by atoms with van der Waals surface area (Å²) in [7, 11) is 0. The van der Waals surface area contributed by atoms with Gasteiger partial charge in [0.05, 0.1) is 0 Å². The molecule has 0 aliphatic heterocycles. The lowest BCUT2D eigenvalue weighted by Gasteiger charge is -2.04. The van der Waals surface area contributed by atoms with Crippen LogP contribution >= 0.6 is 0 Å². The van der Waals surface area contributed by atoms with Gasteiger partial charge in [-0.25, -0.2) is 0 Å². The molecule has 16 heavy (non-hydrogen) atoms. The molecule has 0 aromatic heterocycles. The second-order valence-electron chi connectivity index (χ2n) is 4.34. The van der Waals surface area contributed by atoms with Crippen LogP contribution in [0.25, 0.3) is 0 Å². The minimum atomic E-state index is 1.04. The molecular formula is C16H18. The minimum Gasteiger partial charge on any atom is -0.0617 e. The van der Waals surface area contributed by atoms with E-state index in [1.165, 1.54) is 22.3 Å². The Morgan fingerprint density at radius 2 is 1.50 bits per heavy atom. The predicted octanol–water partition coefficient (Wildman–Crippen LogP) is 4.15. The molecule has 0 spiro atoms. The first-order valence-corrected chi connectivity index (χ1v) is 5.91. The van der Waals surface area contributed by atoms with Crippen molar-refractivity contribution in [2.24, 2.45) is 0 Å². The van der Waals surface area contributed by atoms with Gasteiger partial charge < -0.3 is 0 Å². The first-order chi connectivity index (χ1) is 7.78. The number of hydrogen-bond donors (Lipinski definition) is 0. The van der Waals surface area contributed by atoms with Crippen molar-refractivity contribution in [2.45, 2.75) is 26.7 Å². The highest BCUT2D eigenvalue weighted by molar-refractivity contribution is 5.30. The van der Waals surface area contributed by atoms with Crippen LogP contribution < -0.4 is 0 Å². The fourth-order valence-electron chi connectivity index (χ4n) is 1.90. The van der Waals surface area contributed by atoms with E-state index < -0.39 is 0 Å². The summed E-state index contributed by atoms with van der Waals surface area (Å²) in [5, 5.41) is 0. The van der Waals surface area contributed by atoms with E-state index in [0.29, 0.717) is 0 Å². The molecule has 0 heteroatoms. The monoisotopic (exact) mass is 210 g/mol. The van der Waals surface area contributed by atoms with Crippen LogP contribution in [0.5, 0.6) is 0 Å². The van der Waals surface area contributed by atoms with Gasteiger partial charge in [-0.05, 0) is 36.5 Å². The van der Waals surface area contributed by atoms with E-state index in [2.05, 4.69) is 62.4 Å². The van der Waals surface area contributed by atoms with E-state index in [4.69, 9.17) is 0 Å². The van der Waals surface area contributed by atoms with Crippen LogP contribution in [-0.4, -0.2) is 0 Å². The Bertz CT molecular complexity index is 452. The van der Waals surface area contributed by atoms with Gasteiger partial charge in [0.25, 0.3) is 0 Å². The molecule has 2 aromatic rings. The van der Waals surface area contributed by atoms with Crippen LogP contribution in [0, 0.1) is 6.92 Å². The summed E-state index contributed by atoms with van der Waals surface area (Å²) in [6.45, 7) is 4.33. The SMILES string of the molecule is CCc1cccc(Cc2ccc(C)cc2)c1. The second-order valence-corrected chi connectivity index (χ2v) is 4.34. The van der Waals surface area contributed by atoms with E-state index in [1.54, 1.807) is 0 Å². The molecule has 0 saturated heterocycles. The van der Waals surface area contributed by atoms with Crippen molar-refractivity contribution in [3.63, 3.8) is 0 Å². The molecule has 0 N–H and O–H groups in total. The van der Waals surface area contributed by atoms with Gasteiger partial charge in [-0.3, -0.25) is 0 Å². The molecule has 0 nitrogen and oxygen atoms in total. The maximum Gasteiger partial charge on any atom is -0.00257 e. The molecule has 0 aliphatic rings. The zero-order valence-corrected chi connectivity index (χ0v) is 10.0. The molecule has 0 fully saturated rings. The topological polar surface area (TPSA) is 0 Å². The number of hydrogen-bond acceptors (Lipinski definition) is 0. The van der Waals surface area contributed by atoms with Crippen molar-refractivity contribution in [3.05, 3.63) is 70.8 Å². The van der Waals surface area contributed by atoms with Crippen LogP contribution in [0.2, 0.25) is 0 Å². The Morgan fingerprint density at radius 1 is 0.812 bits per heavy atom. The molecular weight excluding hydrogens is 192 g/mol. The van der Waals surface area contributed by atoms with Crippen molar-refractivity contribution >= 4 is 0 Å². The van der Waals surface area contributed by atoms with E-state index in [1.807, 2.05) is 0 Å². The maximum absolute atomic E-state index is 2.31. The Balaban J connectivity index is 2.16. The van der Waals surface area contributed by atoms with E-state index in [0.717, 1.165) is 12.8 Å². The van der Waals surface area contributed by atoms with Crippen molar-refractivity contribution in [1.29, 1.82) is 0 Å². The van der Waals surface area contributed by atoms with Gasteiger partial charge in [0, 0.05) is 0 Å². The molecule has 0 aliphatic carbocycles. The molecule has 2 aromatic carbocycles. The third-order valence-corrected chi connectivity index (χ3v) is 2.93. The fraction of sp³-hybridized carbons (Fsp3) is 0.250.